The number of halogens is 2. The van der Waals surface area contributed by atoms with Crippen molar-refractivity contribution in [3.8, 4) is 0 Å². The average Bonchev–Trinajstić information content (AvgIpc) is 2.30. The maximum absolute atomic E-state index is 13.6. The van der Waals surface area contributed by atoms with Crippen LogP contribution in [-0.4, -0.2) is 4.98 Å². The van der Waals surface area contributed by atoms with Crippen LogP contribution in [0.25, 0.3) is 0 Å². The zero-order valence-corrected chi connectivity index (χ0v) is 10.2. The molecule has 1 heterocycles. The maximum atomic E-state index is 13.6. The number of aromatic nitrogens is 1. The van der Waals surface area contributed by atoms with Crippen molar-refractivity contribution in [3.05, 3.63) is 64.5 Å². The summed E-state index contributed by atoms with van der Waals surface area (Å²) in [6.45, 7) is 3.68. The number of nitrogens with zero attached hydrogens (tertiary/aromatic N) is 1. The summed E-state index contributed by atoms with van der Waals surface area (Å²) < 4.78 is 26.8. The Bertz CT molecular complexity index is 562. The molecule has 0 saturated heterocycles. The highest BCUT2D eigenvalue weighted by atomic mass is 19.1. The molecule has 0 fully saturated rings. The Morgan fingerprint density at radius 1 is 1.06 bits per heavy atom. The molecule has 1 atom stereocenters. The van der Waals surface area contributed by atoms with Crippen LogP contribution in [0.5, 0.6) is 0 Å². The summed E-state index contributed by atoms with van der Waals surface area (Å²) in [7, 11) is 0. The van der Waals surface area contributed by atoms with Crippen LogP contribution in [0.1, 0.15) is 28.6 Å². The second-order valence-electron chi connectivity index (χ2n) is 4.33. The third kappa shape index (κ3) is 2.54. The molecule has 0 bridgehead atoms. The van der Waals surface area contributed by atoms with E-state index in [1.54, 1.807) is 12.1 Å². The molecule has 4 heteroatoms. The monoisotopic (exact) mass is 248 g/mol. The van der Waals surface area contributed by atoms with E-state index in [1.165, 1.54) is 0 Å². The van der Waals surface area contributed by atoms with E-state index in [0.29, 0.717) is 0 Å². The lowest BCUT2D eigenvalue weighted by atomic mass is 9.98. The van der Waals surface area contributed by atoms with Crippen molar-refractivity contribution in [2.24, 2.45) is 5.73 Å². The molecule has 18 heavy (non-hydrogen) atoms. The van der Waals surface area contributed by atoms with Crippen molar-refractivity contribution in [3.63, 3.8) is 0 Å². The standard InChI is InChI=1S/C14H14F2N2/c1-8-5-10(6-9(2)18-8)14(17)12-7-11(15)3-4-13(12)16/h3-7,14H,17H2,1-2H3. The predicted octanol–water partition coefficient (Wildman–Crippen LogP) is 3.02. The predicted molar refractivity (Wildman–Crippen MR) is 66.1 cm³/mol. The molecule has 1 unspecified atom stereocenters. The van der Waals surface area contributed by atoms with Crippen LogP contribution in [0.2, 0.25) is 0 Å². The second-order valence-corrected chi connectivity index (χ2v) is 4.33. The fourth-order valence-electron chi connectivity index (χ4n) is 1.98. The van der Waals surface area contributed by atoms with E-state index in [1.807, 2.05) is 13.8 Å². The van der Waals surface area contributed by atoms with Crippen molar-refractivity contribution in [2.75, 3.05) is 0 Å². The first-order valence-electron chi connectivity index (χ1n) is 5.63. The van der Waals surface area contributed by atoms with E-state index in [9.17, 15) is 8.78 Å². The number of nitrogens with two attached hydrogens (primary N) is 1. The Morgan fingerprint density at radius 3 is 2.28 bits per heavy atom. The molecule has 0 aliphatic heterocycles. The molecule has 0 aliphatic carbocycles. The topological polar surface area (TPSA) is 38.9 Å². The van der Waals surface area contributed by atoms with Gasteiger partial charge < -0.3 is 5.73 Å². The summed E-state index contributed by atoms with van der Waals surface area (Å²) in [4.78, 5) is 4.23. The number of aryl methyl sites for hydroxylation is 2. The molecule has 0 amide bonds. The summed E-state index contributed by atoms with van der Waals surface area (Å²) >= 11 is 0. The molecule has 2 aromatic rings. The molecule has 1 aromatic carbocycles. The lowest BCUT2D eigenvalue weighted by molar-refractivity contribution is 0.576. The van der Waals surface area contributed by atoms with Crippen molar-refractivity contribution in [1.82, 2.24) is 4.98 Å². The Morgan fingerprint density at radius 2 is 1.67 bits per heavy atom. The van der Waals surface area contributed by atoms with E-state index >= 15 is 0 Å². The van der Waals surface area contributed by atoms with Gasteiger partial charge in [0.25, 0.3) is 0 Å². The Kier molecular flexibility index (Phi) is 3.39. The molecule has 0 spiro atoms. The van der Waals surface area contributed by atoms with E-state index in [0.717, 1.165) is 35.2 Å². The molecule has 2 rings (SSSR count). The van der Waals surface area contributed by atoms with Crippen LogP contribution in [0.4, 0.5) is 8.78 Å². The fourth-order valence-corrected chi connectivity index (χ4v) is 1.98. The Hall–Kier alpha value is -1.81. The van der Waals surface area contributed by atoms with Gasteiger partial charge in [0.15, 0.2) is 0 Å². The van der Waals surface area contributed by atoms with Crippen molar-refractivity contribution < 1.29 is 8.78 Å². The van der Waals surface area contributed by atoms with Gasteiger partial charge >= 0.3 is 0 Å². The summed E-state index contributed by atoms with van der Waals surface area (Å²) in [5, 5.41) is 0. The van der Waals surface area contributed by atoms with Gasteiger partial charge in [0.05, 0.1) is 6.04 Å². The summed E-state index contributed by atoms with van der Waals surface area (Å²) in [6, 6.07) is 6.16. The van der Waals surface area contributed by atoms with Gasteiger partial charge in [-0.1, -0.05) is 0 Å². The quantitative estimate of drug-likeness (QED) is 0.887. The molecule has 1 aromatic heterocycles. The highest BCUT2D eigenvalue weighted by Crippen LogP contribution is 2.23. The summed E-state index contributed by atoms with van der Waals surface area (Å²) in [5.41, 5.74) is 8.47. The molecule has 2 N–H and O–H groups in total. The molecule has 94 valence electrons. The minimum absolute atomic E-state index is 0.153. The summed E-state index contributed by atoms with van der Waals surface area (Å²) in [5.74, 6) is -1.000. The van der Waals surface area contributed by atoms with Gasteiger partial charge in [-0.3, -0.25) is 4.98 Å². The minimum atomic E-state index is -0.693. The smallest absolute Gasteiger partial charge is 0.128 e. The van der Waals surface area contributed by atoms with Gasteiger partial charge in [0.2, 0.25) is 0 Å². The lowest BCUT2D eigenvalue weighted by Gasteiger charge is -2.14. The van der Waals surface area contributed by atoms with Crippen molar-refractivity contribution >= 4 is 0 Å². The zero-order chi connectivity index (χ0) is 13.3. The van der Waals surface area contributed by atoms with Gasteiger partial charge in [-0.2, -0.15) is 0 Å². The SMILES string of the molecule is Cc1cc(C(N)c2cc(F)ccc2F)cc(C)n1. The number of pyridine rings is 1. The highest BCUT2D eigenvalue weighted by molar-refractivity contribution is 5.34. The molecule has 0 aliphatic rings. The number of rotatable bonds is 2. The first-order valence-corrected chi connectivity index (χ1v) is 5.63. The van der Waals surface area contributed by atoms with Gasteiger partial charge in [-0.15, -0.1) is 0 Å². The van der Waals surface area contributed by atoms with Crippen LogP contribution in [0.3, 0.4) is 0 Å². The number of hydrogen-bond acceptors (Lipinski definition) is 2. The van der Waals surface area contributed by atoms with Gasteiger partial charge in [0, 0.05) is 17.0 Å². The first-order chi connectivity index (χ1) is 8.47. The number of hydrogen-bond donors (Lipinski definition) is 1. The van der Waals surface area contributed by atoms with Crippen molar-refractivity contribution in [2.45, 2.75) is 19.9 Å². The molecular formula is C14H14F2N2. The Balaban J connectivity index is 2.47. The lowest BCUT2D eigenvalue weighted by Crippen LogP contribution is -2.14. The third-order valence-electron chi connectivity index (χ3n) is 2.76. The van der Waals surface area contributed by atoms with E-state index in [2.05, 4.69) is 4.98 Å². The largest absolute Gasteiger partial charge is 0.320 e. The first kappa shape index (κ1) is 12.6. The van der Waals surface area contributed by atoms with Crippen LogP contribution >= 0.6 is 0 Å². The number of benzene rings is 1. The molecular weight excluding hydrogens is 234 g/mol. The van der Waals surface area contributed by atoms with Gasteiger partial charge in [-0.05, 0) is 49.7 Å². The van der Waals surface area contributed by atoms with E-state index in [4.69, 9.17) is 5.73 Å². The summed E-state index contributed by atoms with van der Waals surface area (Å²) in [6.07, 6.45) is 0. The van der Waals surface area contributed by atoms with Crippen LogP contribution in [0.15, 0.2) is 30.3 Å². The van der Waals surface area contributed by atoms with Gasteiger partial charge in [0.1, 0.15) is 11.6 Å². The minimum Gasteiger partial charge on any atom is -0.320 e. The van der Waals surface area contributed by atoms with Crippen molar-refractivity contribution in [1.29, 1.82) is 0 Å². The van der Waals surface area contributed by atoms with E-state index in [-0.39, 0.29) is 5.56 Å². The Labute approximate surface area is 104 Å². The average molecular weight is 248 g/mol. The van der Waals surface area contributed by atoms with Crippen LogP contribution in [-0.2, 0) is 0 Å². The van der Waals surface area contributed by atoms with E-state index < -0.39 is 17.7 Å². The fraction of sp³-hybridized carbons (Fsp3) is 0.214. The van der Waals surface area contributed by atoms with Crippen LogP contribution < -0.4 is 5.73 Å². The molecule has 0 radical (unpaired) electrons. The zero-order valence-electron chi connectivity index (χ0n) is 10.2. The maximum Gasteiger partial charge on any atom is 0.128 e. The van der Waals surface area contributed by atoms with Crippen LogP contribution in [0, 0.1) is 25.5 Å². The highest BCUT2D eigenvalue weighted by Gasteiger charge is 2.15. The normalized spacial score (nSPS) is 12.5. The second kappa shape index (κ2) is 4.82. The van der Waals surface area contributed by atoms with Gasteiger partial charge in [-0.25, -0.2) is 8.78 Å². The molecule has 0 saturated carbocycles. The molecule has 2 nitrogen and oxygen atoms in total. The third-order valence-corrected chi connectivity index (χ3v) is 2.76.